The number of esters is 4. The Hall–Kier alpha value is -1.94. The first-order valence-corrected chi connectivity index (χ1v) is 49.5. The van der Waals surface area contributed by atoms with Crippen molar-refractivity contribution < 1.29 is 80.2 Å². The summed E-state index contributed by atoms with van der Waals surface area (Å²) in [6.45, 7) is 9.70. The molecule has 0 amide bonds. The maximum Gasteiger partial charge on any atom is 0.472 e. The zero-order valence-corrected chi connectivity index (χ0v) is 73.7. The van der Waals surface area contributed by atoms with Crippen molar-refractivity contribution in [2.75, 3.05) is 39.6 Å². The SMILES string of the molecule is CCCCCCCCCCCCCCCCCCCCCCC(=O)OC[C@H](COP(=O)(O)OC[C@@H](O)COP(=O)(O)OC[C@@H](COC(=O)CCCCCCCCCCC(C)C)OC(=O)CCCCCCCCCCCCCCCCCCC)OC(=O)CCCCCCCCCCCCCCCCCCCCC(C)C. The lowest BCUT2D eigenvalue weighted by atomic mass is 10.0. The molecule has 0 spiro atoms. The van der Waals surface area contributed by atoms with Crippen molar-refractivity contribution in [1.29, 1.82) is 0 Å². The summed E-state index contributed by atoms with van der Waals surface area (Å²) in [6, 6.07) is 0. The zero-order valence-electron chi connectivity index (χ0n) is 71.9. The van der Waals surface area contributed by atoms with E-state index in [0.717, 1.165) is 102 Å². The van der Waals surface area contributed by atoms with Crippen molar-refractivity contribution in [2.24, 2.45) is 11.8 Å². The Morgan fingerprint density at radius 2 is 0.422 bits per heavy atom. The average molecular weight is 1590 g/mol. The van der Waals surface area contributed by atoms with E-state index in [2.05, 4.69) is 41.5 Å². The van der Waals surface area contributed by atoms with E-state index in [1.165, 1.54) is 302 Å². The molecular formula is C90H176O17P2. The van der Waals surface area contributed by atoms with Gasteiger partial charge in [0.15, 0.2) is 12.2 Å². The number of unbranched alkanes of at least 4 members (excludes halogenated alkanes) is 59. The van der Waals surface area contributed by atoms with E-state index in [9.17, 15) is 43.2 Å². The summed E-state index contributed by atoms with van der Waals surface area (Å²) in [5.74, 6) is -0.551. The molecule has 0 radical (unpaired) electrons. The molecular weight excluding hydrogens is 1410 g/mol. The van der Waals surface area contributed by atoms with Crippen LogP contribution in [0.25, 0.3) is 0 Å². The van der Waals surface area contributed by atoms with Gasteiger partial charge < -0.3 is 33.8 Å². The summed E-state index contributed by atoms with van der Waals surface area (Å²) in [4.78, 5) is 73.4. The van der Waals surface area contributed by atoms with Crippen molar-refractivity contribution in [1.82, 2.24) is 0 Å². The third kappa shape index (κ3) is 83.8. The normalized spacial score (nSPS) is 13.8. The Morgan fingerprint density at radius 1 is 0.248 bits per heavy atom. The molecule has 0 saturated carbocycles. The van der Waals surface area contributed by atoms with Crippen molar-refractivity contribution in [3.63, 3.8) is 0 Å². The van der Waals surface area contributed by atoms with Crippen LogP contribution in [0, 0.1) is 11.8 Å². The second-order valence-electron chi connectivity index (χ2n) is 33.3. The fourth-order valence-electron chi connectivity index (χ4n) is 14.1. The van der Waals surface area contributed by atoms with Gasteiger partial charge in [0.05, 0.1) is 26.4 Å². The van der Waals surface area contributed by atoms with Crippen molar-refractivity contribution in [3.05, 3.63) is 0 Å². The highest BCUT2D eigenvalue weighted by atomic mass is 31.2. The molecule has 0 aromatic heterocycles. The average Bonchev–Trinajstić information content (AvgIpc) is 0.901. The number of aliphatic hydroxyl groups excluding tert-OH is 1. The van der Waals surface area contributed by atoms with E-state index < -0.39 is 97.5 Å². The molecule has 0 saturated heterocycles. The third-order valence-corrected chi connectivity index (χ3v) is 23.1. The molecule has 17 nitrogen and oxygen atoms in total. The summed E-state index contributed by atoms with van der Waals surface area (Å²) in [5.41, 5.74) is 0. The Morgan fingerprint density at radius 3 is 0.624 bits per heavy atom. The van der Waals surface area contributed by atoms with Gasteiger partial charge in [-0.1, -0.05) is 433 Å². The van der Waals surface area contributed by atoms with Crippen LogP contribution in [0.15, 0.2) is 0 Å². The summed E-state index contributed by atoms with van der Waals surface area (Å²) >= 11 is 0. The molecule has 0 rings (SSSR count). The van der Waals surface area contributed by atoms with Crippen molar-refractivity contribution in [2.45, 2.75) is 503 Å². The predicted octanol–water partition coefficient (Wildman–Crippen LogP) is 27.8. The molecule has 0 aliphatic rings. The Balaban J connectivity index is 5.23. The van der Waals surface area contributed by atoms with E-state index >= 15 is 0 Å². The highest BCUT2D eigenvalue weighted by Crippen LogP contribution is 2.45. The maximum absolute atomic E-state index is 13.2. The number of ether oxygens (including phenoxy) is 4. The number of carbonyl (C=O) groups excluding carboxylic acids is 4. The number of hydrogen-bond acceptors (Lipinski definition) is 15. The van der Waals surface area contributed by atoms with E-state index in [4.69, 9.17) is 37.0 Å². The lowest BCUT2D eigenvalue weighted by Crippen LogP contribution is -2.30. The van der Waals surface area contributed by atoms with Gasteiger partial charge in [-0.05, 0) is 37.5 Å². The number of hydrogen-bond donors (Lipinski definition) is 3. The van der Waals surface area contributed by atoms with Crippen molar-refractivity contribution in [3.8, 4) is 0 Å². The van der Waals surface area contributed by atoms with Gasteiger partial charge in [0.1, 0.15) is 19.3 Å². The summed E-state index contributed by atoms with van der Waals surface area (Å²) in [7, 11) is -9.93. The van der Waals surface area contributed by atoms with Crippen LogP contribution < -0.4 is 0 Å². The highest BCUT2D eigenvalue weighted by Gasteiger charge is 2.31. The molecule has 0 aromatic carbocycles. The van der Waals surface area contributed by atoms with E-state index in [0.29, 0.717) is 25.7 Å². The van der Waals surface area contributed by atoms with Gasteiger partial charge >= 0.3 is 39.5 Å². The molecule has 0 aromatic rings. The van der Waals surface area contributed by atoms with Gasteiger partial charge in [-0.2, -0.15) is 0 Å². The zero-order chi connectivity index (χ0) is 79.9. The first-order chi connectivity index (χ1) is 52.9. The summed E-state index contributed by atoms with van der Waals surface area (Å²) in [5, 5.41) is 10.7. The van der Waals surface area contributed by atoms with Crippen LogP contribution in [-0.2, 0) is 65.4 Å². The van der Waals surface area contributed by atoms with Gasteiger partial charge in [-0.15, -0.1) is 0 Å². The molecule has 0 aliphatic carbocycles. The van der Waals surface area contributed by atoms with Crippen LogP contribution in [0.2, 0.25) is 0 Å². The van der Waals surface area contributed by atoms with Gasteiger partial charge in [0, 0.05) is 25.7 Å². The van der Waals surface area contributed by atoms with Crippen molar-refractivity contribution >= 4 is 39.5 Å². The fourth-order valence-corrected chi connectivity index (χ4v) is 15.7. The molecule has 0 fully saturated rings. The van der Waals surface area contributed by atoms with Gasteiger partial charge in [0.25, 0.3) is 0 Å². The molecule has 0 heterocycles. The highest BCUT2D eigenvalue weighted by molar-refractivity contribution is 7.47. The quantitative estimate of drug-likeness (QED) is 0.0222. The summed E-state index contributed by atoms with van der Waals surface area (Å²) in [6.07, 6.45) is 75.1. The number of phosphoric acid groups is 2. The minimum Gasteiger partial charge on any atom is -0.462 e. The monoisotopic (exact) mass is 1590 g/mol. The second-order valence-corrected chi connectivity index (χ2v) is 36.2. The van der Waals surface area contributed by atoms with E-state index in [-0.39, 0.29) is 25.7 Å². The van der Waals surface area contributed by atoms with Gasteiger partial charge in [0.2, 0.25) is 0 Å². The topological polar surface area (TPSA) is 237 Å². The first kappa shape index (κ1) is 107. The fraction of sp³-hybridized carbons (Fsp3) is 0.956. The van der Waals surface area contributed by atoms with Crippen LogP contribution in [0.1, 0.15) is 485 Å². The largest absolute Gasteiger partial charge is 0.472 e. The minimum absolute atomic E-state index is 0.108. The maximum atomic E-state index is 13.2. The number of aliphatic hydroxyl groups is 1. The van der Waals surface area contributed by atoms with Crippen LogP contribution in [-0.4, -0.2) is 96.7 Å². The van der Waals surface area contributed by atoms with Crippen LogP contribution >= 0.6 is 15.6 Å². The van der Waals surface area contributed by atoms with E-state index in [1.807, 2.05) is 0 Å². The Kier molecular flexibility index (Phi) is 79.8. The molecule has 2 unspecified atom stereocenters. The standard InChI is InChI=1S/C90H176O17P2/c1-7-9-11-13-15-17-19-21-23-25-26-27-32-35-39-43-47-54-60-66-72-87(92)100-78-85(106-89(94)74-69-63-57-49-45-41-37-33-29-28-31-34-38-42-46-52-58-64-70-82(3)4)80-104-108(96,97)102-76-84(91)77-103-109(98,99)105-81-86(79-101-88(93)73-67-61-55-51-50-53-59-65-71-83(5)6)107-90(95)75-68-62-56-48-44-40-36-30-24-22-20-18-16-14-12-10-8-2/h82-86,91H,7-81H2,1-6H3,(H,96,97)(H,98,99)/t84-,85-,86-/m1/s1. The molecule has 648 valence electrons. The number of rotatable bonds is 89. The Labute approximate surface area is 670 Å². The number of carbonyl (C=O) groups is 4. The lowest BCUT2D eigenvalue weighted by molar-refractivity contribution is -0.161. The lowest BCUT2D eigenvalue weighted by Gasteiger charge is -2.21. The van der Waals surface area contributed by atoms with Crippen LogP contribution in [0.3, 0.4) is 0 Å². The van der Waals surface area contributed by atoms with Crippen LogP contribution in [0.4, 0.5) is 0 Å². The van der Waals surface area contributed by atoms with Gasteiger partial charge in [-0.25, -0.2) is 9.13 Å². The van der Waals surface area contributed by atoms with Crippen LogP contribution in [0.5, 0.6) is 0 Å². The van der Waals surface area contributed by atoms with Gasteiger partial charge in [-0.3, -0.25) is 37.3 Å². The van der Waals surface area contributed by atoms with E-state index in [1.54, 1.807) is 0 Å². The molecule has 3 N–H and O–H groups in total. The second kappa shape index (κ2) is 81.2. The smallest absolute Gasteiger partial charge is 0.462 e. The molecule has 0 bridgehead atoms. The molecule has 109 heavy (non-hydrogen) atoms. The molecule has 5 atom stereocenters. The third-order valence-electron chi connectivity index (χ3n) is 21.2. The minimum atomic E-state index is -4.97. The molecule has 19 heteroatoms. The Bertz CT molecular complexity index is 2080. The first-order valence-electron chi connectivity index (χ1n) is 46.5. The predicted molar refractivity (Wildman–Crippen MR) is 451 cm³/mol. The number of phosphoric ester groups is 2. The summed E-state index contributed by atoms with van der Waals surface area (Å²) < 4.78 is 69.0. The molecule has 0 aliphatic heterocycles.